The second-order valence-electron chi connectivity index (χ2n) is 5.76. The molecule has 1 fully saturated rings. The third-order valence-corrected chi connectivity index (χ3v) is 3.65. The van der Waals surface area contributed by atoms with Gasteiger partial charge in [0, 0.05) is 31.9 Å². The largest absolute Gasteiger partial charge is 0.391 e. The van der Waals surface area contributed by atoms with Crippen molar-refractivity contribution in [3.8, 4) is 0 Å². The Kier molecular flexibility index (Phi) is 5.34. The van der Waals surface area contributed by atoms with E-state index in [1.165, 1.54) is 5.56 Å². The highest BCUT2D eigenvalue weighted by Crippen LogP contribution is 2.24. The van der Waals surface area contributed by atoms with E-state index >= 15 is 0 Å². The molecule has 2 unspecified atom stereocenters. The van der Waals surface area contributed by atoms with Crippen LogP contribution < -0.4 is 10.2 Å². The molecule has 112 valence electrons. The van der Waals surface area contributed by atoms with Crippen molar-refractivity contribution in [1.29, 1.82) is 0 Å². The van der Waals surface area contributed by atoms with Crippen LogP contribution in [0, 0.1) is 0 Å². The molecule has 0 saturated carbocycles. The molecule has 20 heavy (non-hydrogen) atoms. The summed E-state index contributed by atoms with van der Waals surface area (Å²) in [5.41, 5.74) is 1.19. The number of rotatable bonds is 6. The molecule has 0 spiro atoms. The van der Waals surface area contributed by atoms with E-state index in [0.29, 0.717) is 12.6 Å². The van der Waals surface area contributed by atoms with Crippen LogP contribution in [0.5, 0.6) is 0 Å². The Morgan fingerprint density at radius 1 is 1.45 bits per heavy atom. The number of β-amino-alcohol motifs (C(OH)–C–C–N with tert-alkyl or cyclic N) is 1. The number of hydrogen-bond acceptors (Lipinski definition) is 5. The van der Waals surface area contributed by atoms with Crippen molar-refractivity contribution in [2.24, 2.45) is 0 Å². The maximum Gasteiger partial charge on any atom is 0.128 e. The highest BCUT2D eigenvalue weighted by Gasteiger charge is 2.31. The van der Waals surface area contributed by atoms with Crippen LogP contribution in [0.3, 0.4) is 0 Å². The zero-order valence-corrected chi connectivity index (χ0v) is 12.7. The van der Waals surface area contributed by atoms with Crippen molar-refractivity contribution in [2.75, 3.05) is 38.6 Å². The molecule has 2 N–H and O–H groups in total. The van der Waals surface area contributed by atoms with E-state index < -0.39 is 0 Å². The first-order valence-electron chi connectivity index (χ1n) is 7.35. The predicted octanol–water partition coefficient (Wildman–Crippen LogP) is 0.692. The molecule has 0 amide bonds. The molecule has 1 aromatic rings. The maximum atomic E-state index is 9.92. The van der Waals surface area contributed by atoms with E-state index in [9.17, 15) is 5.11 Å². The molecule has 2 heterocycles. The Labute approximate surface area is 121 Å². The quantitative estimate of drug-likeness (QED) is 0.802. The van der Waals surface area contributed by atoms with Gasteiger partial charge in [0.15, 0.2) is 0 Å². The fraction of sp³-hybridized carbons (Fsp3) is 0.667. The number of nitrogens with one attached hydrogen (secondary N) is 1. The van der Waals surface area contributed by atoms with Crippen LogP contribution in [0.4, 0.5) is 5.82 Å². The van der Waals surface area contributed by atoms with Gasteiger partial charge in [0.25, 0.3) is 0 Å². The van der Waals surface area contributed by atoms with Gasteiger partial charge in [-0.05, 0) is 38.7 Å². The highest BCUT2D eigenvalue weighted by atomic mass is 16.3. The molecule has 5 heteroatoms. The smallest absolute Gasteiger partial charge is 0.128 e. The minimum absolute atomic E-state index is 0.247. The molecule has 5 nitrogen and oxygen atoms in total. The van der Waals surface area contributed by atoms with Gasteiger partial charge < -0.3 is 20.2 Å². The summed E-state index contributed by atoms with van der Waals surface area (Å²) >= 11 is 0. The molecular formula is C15H26N4O. The highest BCUT2D eigenvalue weighted by molar-refractivity contribution is 5.42. The SMILES string of the molecule is CCNCc1ccc(N2CC(O)CC2CN(C)C)nc1. The summed E-state index contributed by atoms with van der Waals surface area (Å²) in [6, 6.07) is 4.52. The van der Waals surface area contributed by atoms with Crippen LogP contribution in [-0.4, -0.2) is 60.9 Å². The number of nitrogens with zero attached hydrogens (tertiary/aromatic N) is 3. The minimum atomic E-state index is -0.247. The van der Waals surface area contributed by atoms with E-state index in [1.54, 1.807) is 0 Å². The van der Waals surface area contributed by atoms with Gasteiger partial charge in [0.2, 0.25) is 0 Å². The van der Waals surface area contributed by atoms with Crippen molar-refractivity contribution >= 4 is 5.82 Å². The molecule has 0 bridgehead atoms. The average Bonchev–Trinajstić information content (AvgIpc) is 2.77. The molecule has 0 aromatic carbocycles. The molecule has 0 radical (unpaired) electrons. The fourth-order valence-electron chi connectivity index (χ4n) is 2.73. The van der Waals surface area contributed by atoms with Gasteiger partial charge in [-0.25, -0.2) is 4.98 Å². The van der Waals surface area contributed by atoms with E-state index in [1.807, 2.05) is 6.20 Å². The van der Waals surface area contributed by atoms with Crippen LogP contribution in [0.15, 0.2) is 18.3 Å². The van der Waals surface area contributed by atoms with Gasteiger partial charge in [-0.15, -0.1) is 0 Å². The summed E-state index contributed by atoms with van der Waals surface area (Å²) in [7, 11) is 4.13. The topological polar surface area (TPSA) is 51.6 Å². The van der Waals surface area contributed by atoms with E-state index in [0.717, 1.165) is 31.9 Å². The van der Waals surface area contributed by atoms with E-state index in [-0.39, 0.29) is 6.10 Å². The third kappa shape index (κ3) is 3.91. The molecule has 2 rings (SSSR count). The van der Waals surface area contributed by atoms with Crippen LogP contribution in [-0.2, 0) is 6.54 Å². The number of anilines is 1. The van der Waals surface area contributed by atoms with E-state index in [4.69, 9.17) is 0 Å². The van der Waals surface area contributed by atoms with Crippen molar-refractivity contribution in [3.63, 3.8) is 0 Å². The first-order valence-corrected chi connectivity index (χ1v) is 7.35. The first-order chi connectivity index (χ1) is 9.60. The third-order valence-electron chi connectivity index (χ3n) is 3.65. The van der Waals surface area contributed by atoms with Crippen molar-refractivity contribution < 1.29 is 5.11 Å². The Hall–Kier alpha value is -1.17. The summed E-state index contributed by atoms with van der Waals surface area (Å²) in [5, 5.41) is 13.2. The molecule has 1 aromatic heterocycles. The molecule has 0 aliphatic carbocycles. The van der Waals surface area contributed by atoms with Crippen molar-refractivity contribution in [1.82, 2.24) is 15.2 Å². The normalized spacial score (nSPS) is 22.8. The van der Waals surface area contributed by atoms with Gasteiger partial charge in [-0.1, -0.05) is 13.0 Å². The average molecular weight is 278 g/mol. The Balaban J connectivity index is 2.05. The second-order valence-corrected chi connectivity index (χ2v) is 5.76. The summed E-state index contributed by atoms with van der Waals surface area (Å²) in [4.78, 5) is 8.95. The second kappa shape index (κ2) is 7.02. The van der Waals surface area contributed by atoms with Crippen LogP contribution in [0.25, 0.3) is 0 Å². The maximum absolute atomic E-state index is 9.92. The Bertz CT molecular complexity index is 407. The minimum Gasteiger partial charge on any atom is -0.391 e. The summed E-state index contributed by atoms with van der Waals surface area (Å²) in [6.45, 7) is 5.54. The molecule has 1 saturated heterocycles. The zero-order valence-electron chi connectivity index (χ0n) is 12.7. The Morgan fingerprint density at radius 2 is 2.25 bits per heavy atom. The standard InChI is InChI=1S/C15H26N4O/c1-4-16-8-12-5-6-15(17-9-12)19-11-14(20)7-13(19)10-18(2)3/h5-6,9,13-14,16,20H,4,7-8,10-11H2,1-3H3. The number of pyridine rings is 1. The number of aliphatic hydroxyl groups excluding tert-OH is 1. The van der Waals surface area contributed by atoms with Gasteiger partial charge in [0.1, 0.15) is 5.82 Å². The lowest BCUT2D eigenvalue weighted by Gasteiger charge is -2.27. The first kappa shape index (κ1) is 15.2. The van der Waals surface area contributed by atoms with Crippen molar-refractivity contribution in [3.05, 3.63) is 23.9 Å². The monoisotopic (exact) mass is 278 g/mol. The van der Waals surface area contributed by atoms with Gasteiger partial charge >= 0.3 is 0 Å². The predicted molar refractivity (Wildman–Crippen MR) is 81.9 cm³/mol. The number of aliphatic hydroxyl groups is 1. The number of hydrogen-bond donors (Lipinski definition) is 2. The summed E-state index contributed by atoms with van der Waals surface area (Å²) in [5.74, 6) is 0.966. The fourth-order valence-corrected chi connectivity index (χ4v) is 2.73. The van der Waals surface area contributed by atoms with Crippen LogP contribution >= 0.6 is 0 Å². The molecule has 1 aliphatic heterocycles. The lowest BCUT2D eigenvalue weighted by Crippen LogP contribution is -2.38. The summed E-state index contributed by atoms with van der Waals surface area (Å²) in [6.07, 6.45) is 2.50. The Morgan fingerprint density at radius 3 is 2.85 bits per heavy atom. The van der Waals surface area contributed by atoms with Crippen molar-refractivity contribution in [2.45, 2.75) is 32.0 Å². The lowest BCUT2D eigenvalue weighted by atomic mass is 10.2. The molecule has 2 atom stereocenters. The molecular weight excluding hydrogens is 252 g/mol. The van der Waals surface area contributed by atoms with Gasteiger partial charge in [-0.3, -0.25) is 0 Å². The van der Waals surface area contributed by atoms with Gasteiger partial charge in [-0.2, -0.15) is 0 Å². The van der Waals surface area contributed by atoms with Crippen LogP contribution in [0.2, 0.25) is 0 Å². The van der Waals surface area contributed by atoms with E-state index in [2.05, 4.69) is 53.3 Å². The van der Waals surface area contributed by atoms with Crippen LogP contribution in [0.1, 0.15) is 18.9 Å². The van der Waals surface area contributed by atoms with Gasteiger partial charge in [0.05, 0.1) is 6.10 Å². The zero-order chi connectivity index (χ0) is 14.5. The number of likely N-dealkylation sites (N-methyl/N-ethyl adjacent to an activating group) is 1. The molecule has 1 aliphatic rings. The lowest BCUT2D eigenvalue weighted by molar-refractivity contribution is 0.191. The number of aromatic nitrogens is 1. The summed E-state index contributed by atoms with van der Waals surface area (Å²) < 4.78 is 0.